The number of hydrogen-bond acceptors (Lipinski definition) is 5. The van der Waals surface area contributed by atoms with Crippen molar-refractivity contribution in [3.05, 3.63) is 42.5 Å². The highest BCUT2D eigenvalue weighted by atomic mass is 19.1. The van der Waals surface area contributed by atoms with E-state index in [1.165, 1.54) is 6.39 Å². The predicted molar refractivity (Wildman–Crippen MR) is 112 cm³/mol. The summed E-state index contributed by atoms with van der Waals surface area (Å²) < 4.78 is 44.9. The zero-order valence-corrected chi connectivity index (χ0v) is 17.3. The molecule has 1 aliphatic rings. The molecule has 0 spiro atoms. The predicted octanol–water partition coefficient (Wildman–Crippen LogP) is 5.88. The number of oxazole rings is 1. The van der Waals surface area contributed by atoms with Crippen LogP contribution in [0.3, 0.4) is 0 Å². The van der Waals surface area contributed by atoms with E-state index in [9.17, 15) is 4.39 Å². The van der Waals surface area contributed by atoms with Gasteiger partial charge in [0.1, 0.15) is 11.4 Å². The zero-order chi connectivity index (χ0) is 22.7. The third-order valence-electron chi connectivity index (χ3n) is 6.01. The first-order valence-corrected chi connectivity index (χ1v) is 10.2. The van der Waals surface area contributed by atoms with E-state index in [-0.39, 0.29) is 5.92 Å². The van der Waals surface area contributed by atoms with Crippen LogP contribution in [0.5, 0.6) is 0 Å². The van der Waals surface area contributed by atoms with Crippen molar-refractivity contribution in [3.8, 4) is 22.5 Å². The molecular weight excluding hydrogens is 383 g/mol. The Kier molecular flexibility index (Phi) is 3.96. The van der Waals surface area contributed by atoms with Gasteiger partial charge in [0, 0.05) is 30.0 Å². The fourth-order valence-corrected chi connectivity index (χ4v) is 4.32. The van der Waals surface area contributed by atoms with E-state index in [0.717, 1.165) is 16.8 Å². The summed E-state index contributed by atoms with van der Waals surface area (Å²) in [6.07, 6.45) is 8.08. The molecule has 1 fully saturated rings. The maximum atomic E-state index is 14.4. The monoisotopic (exact) mass is 410 g/mol. The van der Waals surface area contributed by atoms with E-state index in [0.29, 0.717) is 53.8 Å². The van der Waals surface area contributed by atoms with Crippen LogP contribution in [0.1, 0.15) is 46.8 Å². The Morgan fingerprint density at radius 1 is 1.30 bits per heavy atom. The van der Waals surface area contributed by atoms with E-state index >= 15 is 0 Å². The lowest BCUT2D eigenvalue weighted by atomic mass is 9.81. The molecule has 0 saturated heterocycles. The maximum absolute atomic E-state index is 14.4. The van der Waals surface area contributed by atoms with Crippen molar-refractivity contribution in [2.75, 3.05) is 0 Å². The number of rotatable bonds is 4. The molecule has 0 aliphatic heterocycles. The van der Waals surface area contributed by atoms with Crippen LogP contribution in [0.25, 0.3) is 33.5 Å². The van der Waals surface area contributed by atoms with Gasteiger partial charge in [0.05, 0.1) is 31.2 Å². The average Bonchev–Trinajstić information content (AvgIpc) is 3.46. The molecule has 7 heteroatoms. The lowest BCUT2D eigenvalue weighted by molar-refractivity contribution is 0.0985. The Morgan fingerprint density at radius 2 is 2.10 bits per heavy atom. The van der Waals surface area contributed by atoms with Crippen LogP contribution >= 0.6 is 0 Å². The lowest BCUT2D eigenvalue weighted by Gasteiger charge is -2.31. The minimum atomic E-state index is -1.73. The molecule has 0 unspecified atom stereocenters. The van der Waals surface area contributed by atoms with Crippen LogP contribution in [0, 0.1) is 19.8 Å². The molecule has 0 aromatic carbocycles. The van der Waals surface area contributed by atoms with Crippen molar-refractivity contribution in [3.63, 3.8) is 0 Å². The molecule has 1 aliphatic carbocycles. The van der Waals surface area contributed by atoms with Crippen molar-refractivity contribution in [2.45, 2.75) is 58.6 Å². The summed E-state index contributed by atoms with van der Waals surface area (Å²) >= 11 is 0. The van der Waals surface area contributed by atoms with Gasteiger partial charge < -0.3 is 13.5 Å². The summed E-state index contributed by atoms with van der Waals surface area (Å²) in [5.74, 6) is 0.879. The van der Waals surface area contributed by atoms with Crippen LogP contribution in [0.15, 0.2) is 40.0 Å². The Bertz CT molecular complexity index is 1250. The summed E-state index contributed by atoms with van der Waals surface area (Å²) in [6, 6.07) is 1.91. The molecule has 1 saturated carbocycles. The Labute approximate surface area is 176 Å². The lowest BCUT2D eigenvalue weighted by Crippen LogP contribution is -2.27. The summed E-state index contributed by atoms with van der Waals surface area (Å²) in [7, 11) is 0. The highest BCUT2D eigenvalue weighted by Gasteiger charge is 2.31. The number of hydrogen-bond donors (Lipinski definition) is 0. The number of fused-ring (bicyclic) bond motifs is 1. The van der Waals surface area contributed by atoms with Crippen LogP contribution < -0.4 is 0 Å². The number of pyridine rings is 1. The van der Waals surface area contributed by atoms with Crippen molar-refractivity contribution in [1.82, 2.24) is 19.7 Å². The minimum absolute atomic E-state index is 0.313. The zero-order valence-electron chi connectivity index (χ0n) is 19.3. The number of halogens is 1. The fraction of sp³-hybridized carbons (Fsp3) is 0.435. The van der Waals surface area contributed by atoms with Gasteiger partial charge in [-0.15, -0.1) is 0 Å². The van der Waals surface area contributed by atoms with E-state index in [1.807, 2.05) is 19.9 Å². The maximum Gasteiger partial charge on any atom is 0.181 e. The highest BCUT2D eigenvalue weighted by Crippen LogP contribution is 2.38. The van der Waals surface area contributed by atoms with E-state index < -0.39 is 12.2 Å². The first-order valence-electron chi connectivity index (χ1n) is 11.2. The van der Waals surface area contributed by atoms with Crippen molar-refractivity contribution in [1.29, 1.82) is 0 Å². The number of alkyl halides is 1. The van der Waals surface area contributed by atoms with E-state index in [4.69, 9.17) is 11.7 Å². The standard InChI is InChI=1S/C23H25FN4O2/c1-14-21(15(2)30-27-14)17-8-19-22(26-9-17)18(20-10-25-13-29-20)12-28(19)11-16-4-6-23(3,24)7-5-16/h8-10,12-13,16H,4-7,11H2,1-3H3/i11D2. The molecule has 4 aromatic rings. The number of aromatic nitrogens is 4. The molecule has 156 valence electrons. The first kappa shape index (κ1) is 16.8. The normalized spacial score (nSPS) is 23.5. The largest absolute Gasteiger partial charge is 0.443 e. The van der Waals surface area contributed by atoms with Crippen LogP contribution in [0.2, 0.25) is 0 Å². The first-order chi connectivity index (χ1) is 15.2. The molecule has 5 rings (SSSR count). The second-order valence-electron chi connectivity index (χ2n) is 8.39. The molecule has 0 atom stereocenters. The third kappa shape index (κ3) is 3.32. The molecule has 4 heterocycles. The van der Waals surface area contributed by atoms with Gasteiger partial charge in [-0.3, -0.25) is 4.98 Å². The van der Waals surface area contributed by atoms with Crippen LogP contribution in [0.4, 0.5) is 4.39 Å². The molecule has 30 heavy (non-hydrogen) atoms. The summed E-state index contributed by atoms with van der Waals surface area (Å²) in [5.41, 5.74) is 3.08. The van der Waals surface area contributed by atoms with Gasteiger partial charge in [0.2, 0.25) is 0 Å². The Morgan fingerprint density at radius 3 is 2.77 bits per heavy atom. The molecule has 4 aromatic heterocycles. The topological polar surface area (TPSA) is 69.9 Å². The fourth-order valence-electron chi connectivity index (χ4n) is 4.32. The Balaban J connectivity index is 1.68. The molecule has 0 bridgehead atoms. The second-order valence-corrected chi connectivity index (χ2v) is 8.39. The third-order valence-corrected chi connectivity index (χ3v) is 6.01. The number of aryl methyl sites for hydroxylation is 2. The van der Waals surface area contributed by atoms with Crippen molar-refractivity contribution < 1.29 is 16.1 Å². The van der Waals surface area contributed by atoms with Gasteiger partial charge in [-0.1, -0.05) is 5.16 Å². The molecule has 0 radical (unpaired) electrons. The summed E-state index contributed by atoms with van der Waals surface area (Å²) in [4.78, 5) is 8.68. The van der Waals surface area contributed by atoms with Crippen LogP contribution in [-0.2, 0) is 6.50 Å². The molecule has 0 N–H and O–H groups in total. The molecule has 6 nitrogen and oxygen atoms in total. The van der Waals surface area contributed by atoms with Gasteiger partial charge >= 0.3 is 0 Å². The average molecular weight is 410 g/mol. The van der Waals surface area contributed by atoms with Gasteiger partial charge in [-0.05, 0) is 58.4 Å². The quantitative estimate of drug-likeness (QED) is 0.420. The summed E-state index contributed by atoms with van der Waals surface area (Å²) in [6.45, 7) is 3.58. The van der Waals surface area contributed by atoms with Gasteiger partial charge in [0.25, 0.3) is 0 Å². The number of nitrogens with zero attached hydrogens (tertiary/aromatic N) is 4. The summed E-state index contributed by atoms with van der Waals surface area (Å²) in [5, 5.41) is 4.03. The SMILES string of the molecule is [2H]C([2H])(C1CCC(C)(F)CC1)n1cc(-c2cnco2)c2ncc(-c3c(C)noc3C)cc21. The van der Waals surface area contributed by atoms with Gasteiger partial charge in [-0.2, -0.15) is 0 Å². The second kappa shape index (κ2) is 7.07. The minimum Gasteiger partial charge on any atom is -0.443 e. The van der Waals surface area contributed by atoms with Crippen molar-refractivity contribution >= 4 is 11.0 Å². The van der Waals surface area contributed by atoms with E-state index in [1.54, 1.807) is 30.1 Å². The van der Waals surface area contributed by atoms with Crippen LogP contribution in [-0.4, -0.2) is 25.4 Å². The molecule has 0 amide bonds. The smallest absolute Gasteiger partial charge is 0.181 e. The van der Waals surface area contributed by atoms with Gasteiger partial charge in [-0.25, -0.2) is 9.37 Å². The highest BCUT2D eigenvalue weighted by molar-refractivity contribution is 5.93. The van der Waals surface area contributed by atoms with E-state index in [2.05, 4.69) is 15.1 Å². The van der Waals surface area contributed by atoms with Crippen molar-refractivity contribution in [2.24, 2.45) is 5.92 Å². The Hall–Kier alpha value is -2.96. The molecular formula is C23H25FN4O2. The van der Waals surface area contributed by atoms with Gasteiger partial charge in [0.15, 0.2) is 12.2 Å².